The summed E-state index contributed by atoms with van der Waals surface area (Å²) >= 11 is 1.40. The van der Waals surface area contributed by atoms with E-state index in [1.54, 1.807) is 18.2 Å². The molecule has 2 aromatic heterocycles. The zero-order valence-electron chi connectivity index (χ0n) is 18.3. The monoisotopic (exact) mass is 418 g/mol. The Morgan fingerprint density at radius 3 is 2.62 bits per heavy atom. The molecule has 0 radical (unpaired) electrons. The van der Waals surface area contributed by atoms with Crippen molar-refractivity contribution in [1.29, 1.82) is 5.41 Å². The van der Waals surface area contributed by atoms with E-state index in [0.717, 1.165) is 22.3 Å². The number of carbonyl (C=O) groups is 1. The van der Waals surface area contributed by atoms with Crippen LogP contribution in [0.3, 0.4) is 0 Å². The SMILES string of the molecule is C/C=C\C(C)OC.CC/C=C(\C)N(C=N)CC(=O)c1cc2cccnc2s1.CN. The lowest BCUT2D eigenvalue weighted by atomic mass is 10.2. The summed E-state index contributed by atoms with van der Waals surface area (Å²) in [7, 11) is 3.20. The zero-order chi connectivity index (χ0) is 22.2. The Balaban J connectivity index is 0.000000740. The van der Waals surface area contributed by atoms with Crippen molar-refractivity contribution in [3.8, 4) is 0 Å². The number of hydrogen-bond donors (Lipinski definition) is 2. The van der Waals surface area contributed by atoms with Crippen molar-refractivity contribution in [2.75, 3.05) is 20.7 Å². The van der Waals surface area contributed by atoms with Gasteiger partial charge >= 0.3 is 0 Å². The number of ether oxygens (including phenoxy) is 1. The van der Waals surface area contributed by atoms with Gasteiger partial charge in [-0.2, -0.15) is 0 Å². The number of thiophene rings is 1. The molecule has 2 rings (SSSR count). The molecule has 1 unspecified atom stereocenters. The Kier molecular flexibility index (Phi) is 14.3. The fraction of sp³-hybridized carbons (Fsp3) is 0.409. The summed E-state index contributed by atoms with van der Waals surface area (Å²) < 4.78 is 4.90. The maximum absolute atomic E-state index is 12.3. The number of Topliss-reactive ketones (excluding diaryl/α,β-unsaturated/α-hetero) is 1. The molecule has 0 aliphatic rings. The van der Waals surface area contributed by atoms with Crippen LogP contribution in [0.4, 0.5) is 0 Å². The standard InChI is InChI=1S/C15H17N3OS.C6H12O.CH5N/c1-3-5-11(2)18(10-16)9-13(19)14-8-12-6-4-7-17-15(12)20-14;1-4-5-6(2)7-3;1-2/h4-8,10,16H,3,9H2,1-2H3;4-6H,1-3H3;2H2,1H3/b11-5+,16-10?;5-4-;. The second kappa shape index (κ2) is 15.6. The van der Waals surface area contributed by atoms with Crippen LogP contribution in [0.1, 0.15) is 43.8 Å². The Bertz CT molecular complexity index is 766. The quantitative estimate of drug-likeness (QED) is 0.276. The third kappa shape index (κ3) is 9.60. The number of fused-ring (bicyclic) bond motifs is 1. The molecule has 0 spiro atoms. The van der Waals surface area contributed by atoms with Gasteiger partial charge in [-0.25, -0.2) is 4.98 Å². The molecule has 0 saturated carbocycles. The van der Waals surface area contributed by atoms with Crippen LogP contribution in [0.5, 0.6) is 0 Å². The number of carbonyl (C=O) groups excluding carboxylic acids is 1. The smallest absolute Gasteiger partial charge is 0.192 e. The molecular formula is C22H34N4O2S. The lowest BCUT2D eigenvalue weighted by Gasteiger charge is -2.18. The molecule has 0 amide bonds. The number of allylic oxidation sites excluding steroid dienone is 3. The van der Waals surface area contributed by atoms with Crippen LogP contribution < -0.4 is 5.73 Å². The number of ketones is 1. The van der Waals surface area contributed by atoms with E-state index in [1.165, 1.54) is 24.7 Å². The fourth-order valence-corrected chi connectivity index (χ4v) is 3.21. The van der Waals surface area contributed by atoms with Gasteiger partial charge in [-0.05, 0) is 46.4 Å². The Morgan fingerprint density at radius 2 is 2.14 bits per heavy atom. The first-order valence-corrected chi connectivity index (χ1v) is 10.3. The van der Waals surface area contributed by atoms with E-state index in [2.05, 4.69) is 10.7 Å². The van der Waals surface area contributed by atoms with E-state index in [9.17, 15) is 4.79 Å². The number of aromatic nitrogens is 1. The third-order valence-corrected chi connectivity index (χ3v) is 4.93. The summed E-state index contributed by atoms with van der Waals surface area (Å²) in [6, 6.07) is 5.68. The molecule has 29 heavy (non-hydrogen) atoms. The molecule has 0 saturated heterocycles. The number of nitrogens with zero attached hydrogens (tertiary/aromatic N) is 2. The molecule has 160 valence electrons. The summed E-state index contributed by atoms with van der Waals surface area (Å²) in [6.45, 7) is 8.12. The Hall–Kier alpha value is -2.35. The molecule has 0 aromatic carbocycles. The van der Waals surface area contributed by atoms with E-state index in [0.29, 0.717) is 4.88 Å². The normalized spacial score (nSPS) is 11.9. The molecule has 0 fully saturated rings. The van der Waals surface area contributed by atoms with Crippen molar-refractivity contribution in [1.82, 2.24) is 9.88 Å². The Labute approximate surface area is 178 Å². The molecule has 0 aliphatic carbocycles. The van der Waals surface area contributed by atoms with Crippen molar-refractivity contribution in [2.24, 2.45) is 5.73 Å². The van der Waals surface area contributed by atoms with Gasteiger partial charge < -0.3 is 15.4 Å². The first-order valence-electron chi connectivity index (χ1n) is 9.51. The number of hydrogen-bond acceptors (Lipinski definition) is 6. The highest BCUT2D eigenvalue weighted by atomic mass is 32.1. The summed E-state index contributed by atoms with van der Waals surface area (Å²) in [5.41, 5.74) is 5.43. The van der Waals surface area contributed by atoms with E-state index in [4.69, 9.17) is 10.1 Å². The largest absolute Gasteiger partial charge is 0.378 e. The van der Waals surface area contributed by atoms with Crippen molar-refractivity contribution >= 4 is 33.7 Å². The van der Waals surface area contributed by atoms with Gasteiger partial charge in [0.2, 0.25) is 0 Å². The third-order valence-electron chi connectivity index (χ3n) is 3.83. The van der Waals surface area contributed by atoms with Gasteiger partial charge in [-0.1, -0.05) is 31.2 Å². The van der Waals surface area contributed by atoms with Crippen molar-refractivity contribution < 1.29 is 9.53 Å². The lowest BCUT2D eigenvalue weighted by molar-refractivity contribution is 0.0976. The minimum atomic E-state index is 0.0142. The average Bonchev–Trinajstić information content (AvgIpc) is 3.18. The van der Waals surface area contributed by atoms with E-state index in [1.807, 2.05) is 64.1 Å². The fourth-order valence-electron chi connectivity index (χ4n) is 2.28. The predicted molar refractivity (Wildman–Crippen MR) is 125 cm³/mol. The number of rotatable bonds is 8. The van der Waals surface area contributed by atoms with Crippen LogP contribution in [-0.2, 0) is 4.74 Å². The first kappa shape index (κ1) is 26.6. The summed E-state index contributed by atoms with van der Waals surface area (Å²) in [5, 5.41) is 8.42. The van der Waals surface area contributed by atoms with E-state index in [-0.39, 0.29) is 18.4 Å². The first-order chi connectivity index (χ1) is 14.0. The van der Waals surface area contributed by atoms with Crippen molar-refractivity contribution in [3.05, 3.63) is 53.2 Å². The molecular weight excluding hydrogens is 384 g/mol. The number of nitrogens with one attached hydrogen (secondary N) is 1. The molecule has 2 aromatic rings. The van der Waals surface area contributed by atoms with Crippen molar-refractivity contribution in [2.45, 2.75) is 40.2 Å². The van der Waals surface area contributed by atoms with Gasteiger partial charge in [-0.15, -0.1) is 11.3 Å². The average molecular weight is 419 g/mol. The van der Waals surface area contributed by atoms with Crippen LogP contribution >= 0.6 is 11.3 Å². The maximum atomic E-state index is 12.3. The molecule has 2 heterocycles. The van der Waals surface area contributed by atoms with Gasteiger partial charge in [0.05, 0.1) is 23.9 Å². The predicted octanol–water partition coefficient (Wildman–Crippen LogP) is 4.87. The van der Waals surface area contributed by atoms with E-state index >= 15 is 0 Å². The highest BCUT2D eigenvalue weighted by molar-refractivity contribution is 7.20. The molecule has 1 atom stereocenters. The number of methoxy groups -OCH3 is 1. The number of pyridine rings is 1. The highest BCUT2D eigenvalue weighted by Gasteiger charge is 2.14. The molecule has 7 heteroatoms. The van der Waals surface area contributed by atoms with Gasteiger partial charge in [0.1, 0.15) is 4.83 Å². The van der Waals surface area contributed by atoms with Crippen LogP contribution in [0, 0.1) is 5.41 Å². The lowest BCUT2D eigenvalue weighted by Crippen LogP contribution is -2.26. The molecule has 6 nitrogen and oxygen atoms in total. The topological polar surface area (TPSA) is 92.3 Å². The van der Waals surface area contributed by atoms with E-state index < -0.39 is 0 Å². The molecule has 3 N–H and O–H groups in total. The molecule has 0 aliphatic heterocycles. The van der Waals surface area contributed by atoms with Crippen molar-refractivity contribution in [3.63, 3.8) is 0 Å². The van der Waals surface area contributed by atoms with Gasteiger partial charge in [-0.3, -0.25) is 10.2 Å². The second-order valence-corrected chi connectivity index (χ2v) is 6.94. The van der Waals surface area contributed by atoms with Gasteiger partial charge in [0.25, 0.3) is 0 Å². The minimum absolute atomic E-state index is 0.0142. The van der Waals surface area contributed by atoms with Gasteiger partial charge in [0.15, 0.2) is 5.78 Å². The highest BCUT2D eigenvalue weighted by Crippen LogP contribution is 2.24. The summed E-state index contributed by atoms with van der Waals surface area (Å²) in [5.74, 6) is 0.0142. The summed E-state index contributed by atoms with van der Waals surface area (Å²) in [6.07, 6.45) is 10.1. The molecule has 0 bridgehead atoms. The van der Waals surface area contributed by atoms with Crippen LogP contribution in [0.25, 0.3) is 10.2 Å². The Morgan fingerprint density at radius 1 is 1.45 bits per heavy atom. The number of nitrogens with two attached hydrogens (primary N) is 1. The minimum Gasteiger partial charge on any atom is -0.378 e. The second-order valence-electron chi connectivity index (χ2n) is 5.91. The maximum Gasteiger partial charge on any atom is 0.192 e. The van der Waals surface area contributed by atoms with Crippen LogP contribution in [0.15, 0.2) is 48.3 Å². The van der Waals surface area contributed by atoms with Crippen LogP contribution in [-0.4, -0.2) is 48.8 Å². The summed E-state index contributed by atoms with van der Waals surface area (Å²) in [4.78, 5) is 19.8. The van der Waals surface area contributed by atoms with Gasteiger partial charge in [0, 0.05) is 24.4 Å². The zero-order valence-corrected chi connectivity index (χ0v) is 19.1. The van der Waals surface area contributed by atoms with Crippen LogP contribution in [0.2, 0.25) is 0 Å².